The average Bonchev–Trinajstić information content (AvgIpc) is 2.62. The number of nitrogens with one attached hydrogen (secondary N) is 1. The first-order valence-corrected chi connectivity index (χ1v) is 8.52. The number of nitrogens with two attached hydrogens (primary N) is 1. The van der Waals surface area contributed by atoms with E-state index >= 15 is 0 Å². The molecule has 0 fully saturated rings. The van der Waals surface area contributed by atoms with Crippen molar-refractivity contribution >= 4 is 40.4 Å². The normalized spacial score (nSPS) is 11.4. The Bertz CT molecular complexity index is 807. The first kappa shape index (κ1) is 18.9. The Labute approximate surface area is 158 Å². The SMILES string of the molecule is COC(=O)c1cccc(C(=O)N[C@@H](Cc2ccccc2I)C(N)=O)c1. The number of hydrogen-bond acceptors (Lipinski definition) is 4. The molecule has 0 bridgehead atoms. The third-order valence-corrected chi connectivity index (χ3v) is 4.63. The van der Waals surface area contributed by atoms with Gasteiger partial charge in [-0.15, -0.1) is 0 Å². The topological polar surface area (TPSA) is 98.5 Å². The summed E-state index contributed by atoms with van der Waals surface area (Å²) in [5.41, 5.74) is 6.84. The number of halogens is 1. The lowest BCUT2D eigenvalue weighted by Gasteiger charge is -2.16. The van der Waals surface area contributed by atoms with Gasteiger partial charge in [0.2, 0.25) is 5.91 Å². The molecule has 2 amide bonds. The van der Waals surface area contributed by atoms with E-state index in [0.717, 1.165) is 9.13 Å². The molecule has 2 aromatic rings. The van der Waals surface area contributed by atoms with Crippen LogP contribution in [0.3, 0.4) is 0 Å². The van der Waals surface area contributed by atoms with E-state index < -0.39 is 23.8 Å². The van der Waals surface area contributed by atoms with Crippen LogP contribution in [-0.2, 0) is 16.0 Å². The van der Waals surface area contributed by atoms with E-state index in [9.17, 15) is 14.4 Å². The Hall–Kier alpha value is -2.42. The summed E-state index contributed by atoms with van der Waals surface area (Å²) in [4.78, 5) is 35.7. The van der Waals surface area contributed by atoms with Crippen LogP contribution in [0.5, 0.6) is 0 Å². The monoisotopic (exact) mass is 452 g/mol. The summed E-state index contributed by atoms with van der Waals surface area (Å²) in [5.74, 6) is -1.66. The molecule has 0 radical (unpaired) electrons. The van der Waals surface area contributed by atoms with Crippen LogP contribution in [0.4, 0.5) is 0 Å². The van der Waals surface area contributed by atoms with Crippen molar-refractivity contribution in [2.45, 2.75) is 12.5 Å². The second-order valence-corrected chi connectivity index (χ2v) is 6.46. The number of esters is 1. The van der Waals surface area contributed by atoms with Gasteiger partial charge in [-0.25, -0.2) is 4.79 Å². The van der Waals surface area contributed by atoms with Crippen molar-refractivity contribution in [3.8, 4) is 0 Å². The van der Waals surface area contributed by atoms with Crippen LogP contribution in [0.2, 0.25) is 0 Å². The number of methoxy groups -OCH3 is 1. The van der Waals surface area contributed by atoms with Gasteiger partial charge in [-0.3, -0.25) is 9.59 Å². The van der Waals surface area contributed by atoms with Crippen LogP contribution in [0, 0.1) is 3.57 Å². The number of amides is 2. The number of carbonyl (C=O) groups excluding carboxylic acids is 3. The van der Waals surface area contributed by atoms with Crippen LogP contribution in [0.1, 0.15) is 26.3 Å². The van der Waals surface area contributed by atoms with Gasteiger partial charge in [0, 0.05) is 15.6 Å². The second kappa shape index (κ2) is 8.61. The molecule has 0 aliphatic rings. The Morgan fingerprint density at radius 1 is 1.12 bits per heavy atom. The fraction of sp³-hybridized carbons (Fsp3) is 0.167. The van der Waals surface area contributed by atoms with E-state index in [4.69, 9.17) is 5.73 Å². The highest BCUT2D eigenvalue weighted by molar-refractivity contribution is 14.1. The van der Waals surface area contributed by atoms with Crippen LogP contribution >= 0.6 is 22.6 Å². The molecule has 7 heteroatoms. The number of hydrogen-bond donors (Lipinski definition) is 2. The summed E-state index contributed by atoms with van der Waals surface area (Å²) >= 11 is 2.16. The molecule has 0 unspecified atom stereocenters. The van der Waals surface area contributed by atoms with Gasteiger partial charge in [-0.05, 0) is 52.4 Å². The summed E-state index contributed by atoms with van der Waals surface area (Å²) in [6.07, 6.45) is 0.289. The number of rotatable bonds is 6. The van der Waals surface area contributed by atoms with Crippen molar-refractivity contribution in [3.05, 3.63) is 68.8 Å². The molecule has 0 spiro atoms. The summed E-state index contributed by atoms with van der Waals surface area (Å²) < 4.78 is 5.62. The van der Waals surface area contributed by atoms with Crippen molar-refractivity contribution in [2.24, 2.45) is 5.73 Å². The minimum absolute atomic E-state index is 0.247. The highest BCUT2D eigenvalue weighted by Gasteiger charge is 2.21. The Morgan fingerprint density at radius 2 is 1.80 bits per heavy atom. The van der Waals surface area contributed by atoms with E-state index in [0.29, 0.717) is 0 Å². The van der Waals surface area contributed by atoms with Crippen molar-refractivity contribution < 1.29 is 19.1 Å². The molecule has 0 heterocycles. The van der Waals surface area contributed by atoms with E-state index in [1.807, 2.05) is 24.3 Å². The van der Waals surface area contributed by atoms with Gasteiger partial charge in [0.1, 0.15) is 6.04 Å². The summed E-state index contributed by atoms with van der Waals surface area (Å²) in [7, 11) is 1.26. The lowest BCUT2D eigenvalue weighted by molar-refractivity contribution is -0.119. The fourth-order valence-electron chi connectivity index (χ4n) is 2.25. The van der Waals surface area contributed by atoms with Crippen molar-refractivity contribution in [1.82, 2.24) is 5.32 Å². The maximum atomic E-state index is 12.4. The number of ether oxygens (including phenoxy) is 1. The van der Waals surface area contributed by atoms with Gasteiger partial charge in [-0.2, -0.15) is 0 Å². The first-order chi connectivity index (χ1) is 11.9. The molecule has 2 aromatic carbocycles. The lowest BCUT2D eigenvalue weighted by atomic mass is 10.0. The third kappa shape index (κ3) is 5.02. The largest absolute Gasteiger partial charge is 0.465 e. The minimum Gasteiger partial charge on any atom is -0.465 e. The molecule has 3 N–H and O–H groups in total. The zero-order valence-corrected chi connectivity index (χ0v) is 15.6. The predicted octanol–water partition coefficient (Wildman–Crippen LogP) is 1.90. The number of benzene rings is 2. The van der Waals surface area contributed by atoms with E-state index in [1.165, 1.54) is 13.2 Å². The standard InChI is InChI=1S/C18H17IN2O4/c1-25-18(24)13-7-4-6-12(9-13)17(23)21-15(16(20)22)10-11-5-2-3-8-14(11)19/h2-9,15H,10H2,1H3,(H2,20,22)(H,21,23)/t15-/m0/s1. The summed E-state index contributed by atoms with van der Waals surface area (Å²) in [6.45, 7) is 0. The van der Waals surface area contributed by atoms with E-state index in [2.05, 4.69) is 32.6 Å². The molecule has 25 heavy (non-hydrogen) atoms. The molecular formula is C18H17IN2O4. The number of carbonyl (C=O) groups is 3. The third-order valence-electron chi connectivity index (χ3n) is 3.58. The molecule has 1 atom stereocenters. The van der Waals surface area contributed by atoms with Crippen LogP contribution in [0.25, 0.3) is 0 Å². The molecular weight excluding hydrogens is 435 g/mol. The van der Waals surface area contributed by atoms with Crippen LogP contribution in [0.15, 0.2) is 48.5 Å². The zero-order chi connectivity index (χ0) is 18.4. The lowest BCUT2D eigenvalue weighted by Crippen LogP contribution is -2.46. The van der Waals surface area contributed by atoms with Crippen LogP contribution in [-0.4, -0.2) is 30.9 Å². The van der Waals surface area contributed by atoms with Gasteiger partial charge in [-0.1, -0.05) is 24.3 Å². The van der Waals surface area contributed by atoms with Gasteiger partial charge in [0.15, 0.2) is 0 Å². The predicted molar refractivity (Wildman–Crippen MR) is 101 cm³/mol. The Kier molecular flexibility index (Phi) is 6.51. The highest BCUT2D eigenvalue weighted by atomic mass is 127. The summed E-state index contributed by atoms with van der Waals surface area (Å²) in [5, 5.41) is 2.62. The molecule has 6 nitrogen and oxygen atoms in total. The molecule has 0 aromatic heterocycles. The average molecular weight is 452 g/mol. The van der Waals surface area contributed by atoms with Gasteiger partial charge >= 0.3 is 5.97 Å². The molecule has 2 rings (SSSR count). The Morgan fingerprint density at radius 3 is 2.44 bits per heavy atom. The maximum Gasteiger partial charge on any atom is 0.337 e. The van der Waals surface area contributed by atoms with Crippen molar-refractivity contribution in [3.63, 3.8) is 0 Å². The van der Waals surface area contributed by atoms with Gasteiger partial charge in [0.25, 0.3) is 5.91 Å². The van der Waals surface area contributed by atoms with Crippen molar-refractivity contribution in [1.29, 1.82) is 0 Å². The van der Waals surface area contributed by atoms with Crippen LogP contribution < -0.4 is 11.1 Å². The smallest absolute Gasteiger partial charge is 0.337 e. The maximum absolute atomic E-state index is 12.4. The second-order valence-electron chi connectivity index (χ2n) is 5.30. The van der Waals surface area contributed by atoms with E-state index in [1.54, 1.807) is 18.2 Å². The van der Waals surface area contributed by atoms with Gasteiger partial charge in [0.05, 0.1) is 12.7 Å². The summed E-state index contributed by atoms with van der Waals surface area (Å²) in [6, 6.07) is 12.7. The highest BCUT2D eigenvalue weighted by Crippen LogP contribution is 2.14. The fourth-order valence-corrected chi connectivity index (χ4v) is 2.86. The molecule has 130 valence electrons. The Balaban J connectivity index is 2.17. The molecule has 0 saturated heterocycles. The molecule has 0 aliphatic heterocycles. The van der Waals surface area contributed by atoms with Crippen molar-refractivity contribution in [2.75, 3.05) is 7.11 Å². The zero-order valence-electron chi connectivity index (χ0n) is 13.5. The van der Waals surface area contributed by atoms with Gasteiger partial charge < -0.3 is 15.8 Å². The first-order valence-electron chi connectivity index (χ1n) is 7.44. The molecule has 0 aliphatic carbocycles. The van der Waals surface area contributed by atoms with E-state index in [-0.39, 0.29) is 17.5 Å². The minimum atomic E-state index is -0.856. The molecule has 0 saturated carbocycles. The quantitative estimate of drug-likeness (QED) is 0.517. The number of primary amides is 1.